The van der Waals surface area contributed by atoms with Crippen LogP contribution in [0.4, 0.5) is 0 Å². The first kappa shape index (κ1) is 19.5. The minimum atomic E-state index is 0. The summed E-state index contributed by atoms with van der Waals surface area (Å²) in [5.74, 6) is 1.54. The lowest BCUT2D eigenvalue weighted by atomic mass is 10.3. The molecule has 0 atom stereocenters. The Labute approximate surface area is 143 Å². The topological polar surface area (TPSA) is 60.0 Å². The van der Waals surface area contributed by atoms with Gasteiger partial charge in [0.15, 0.2) is 0 Å². The predicted molar refractivity (Wildman–Crippen MR) is 83.4 cm³/mol. The monoisotopic (exact) mass is 343 g/mol. The summed E-state index contributed by atoms with van der Waals surface area (Å²) >= 11 is 0. The zero-order valence-electron chi connectivity index (χ0n) is 13.4. The number of carbonyl (C=O) groups is 1. The normalized spacial score (nSPS) is 14.7. The van der Waals surface area contributed by atoms with Gasteiger partial charge in [-0.15, -0.1) is 0 Å². The van der Waals surface area contributed by atoms with E-state index in [1.165, 1.54) is 0 Å². The molecule has 1 saturated heterocycles. The van der Waals surface area contributed by atoms with Gasteiger partial charge in [0.25, 0.3) is 0 Å². The van der Waals surface area contributed by atoms with Crippen molar-refractivity contribution in [3.8, 4) is 11.5 Å². The van der Waals surface area contributed by atoms with Crippen LogP contribution in [0.2, 0.25) is 0 Å². The van der Waals surface area contributed by atoms with Crippen LogP contribution in [0.25, 0.3) is 0 Å². The number of benzene rings is 1. The van der Waals surface area contributed by atoms with Crippen LogP contribution in [0.5, 0.6) is 11.5 Å². The van der Waals surface area contributed by atoms with Crippen LogP contribution in [0, 0.1) is 0 Å². The highest BCUT2D eigenvalue weighted by molar-refractivity contribution is 5.75. The van der Waals surface area contributed by atoms with Crippen molar-refractivity contribution in [2.45, 2.75) is 6.42 Å². The van der Waals surface area contributed by atoms with Gasteiger partial charge in [0.1, 0.15) is 11.5 Å². The molecule has 1 aromatic carbocycles. The van der Waals surface area contributed by atoms with E-state index in [9.17, 15) is 4.79 Å². The molecule has 6 nitrogen and oxygen atoms in total. The lowest BCUT2D eigenvalue weighted by Gasteiger charge is -2.26. The van der Waals surface area contributed by atoms with Crippen molar-refractivity contribution in [1.82, 2.24) is 10.2 Å². The van der Waals surface area contributed by atoms with E-state index in [1.807, 2.05) is 24.3 Å². The van der Waals surface area contributed by atoms with Gasteiger partial charge in [-0.05, 0) is 24.3 Å². The smallest absolute Gasteiger partial charge is 0.223 e. The van der Waals surface area contributed by atoms with Gasteiger partial charge in [0.2, 0.25) is 5.91 Å². The number of rotatable bonds is 8. The molecule has 1 amide bonds. The summed E-state index contributed by atoms with van der Waals surface area (Å²) in [5, 5.41) is 2.91. The lowest BCUT2D eigenvalue weighted by Crippen LogP contribution is -3.00. The van der Waals surface area contributed by atoms with Gasteiger partial charge in [0.05, 0.1) is 33.4 Å². The van der Waals surface area contributed by atoms with E-state index in [4.69, 9.17) is 14.2 Å². The number of nitrogens with zero attached hydrogens (tertiary/aromatic N) is 1. The van der Waals surface area contributed by atoms with Crippen molar-refractivity contribution in [1.29, 1.82) is 0 Å². The Morgan fingerprint density at radius 3 is 2.52 bits per heavy atom. The molecule has 1 aromatic rings. The van der Waals surface area contributed by atoms with E-state index in [0.29, 0.717) is 19.6 Å². The molecule has 1 heterocycles. The summed E-state index contributed by atoms with van der Waals surface area (Å²) < 4.78 is 15.9. The van der Waals surface area contributed by atoms with Gasteiger partial charge < -0.3 is 31.9 Å². The van der Waals surface area contributed by atoms with Crippen molar-refractivity contribution >= 4 is 5.91 Å². The van der Waals surface area contributed by atoms with Crippen LogP contribution in [0.15, 0.2) is 24.3 Å². The van der Waals surface area contributed by atoms with E-state index in [-0.39, 0.29) is 18.3 Å². The van der Waals surface area contributed by atoms with Crippen molar-refractivity contribution in [3.63, 3.8) is 0 Å². The third-order valence-corrected chi connectivity index (χ3v) is 3.51. The van der Waals surface area contributed by atoms with E-state index in [0.717, 1.165) is 44.3 Å². The summed E-state index contributed by atoms with van der Waals surface area (Å²) in [7, 11) is 1.62. The molecule has 0 aliphatic carbocycles. The van der Waals surface area contributed by atoms with Gasteiger partial charge >= 0.3 is 0 Å². The first-order chi connectivity index (χ1) is 10.8. The first-order valence-electron chi connectivity index (χ1n) is 7.61. The number of carbonyl (C=O) groups excluding carboxylic acids is 1. The molecule has 1 aliphatic rings. The van der Waals surface area contributed by atoms with Crippen LogP contribution in [0.1, 0.15) is 6.42 Å². The average molecular weight is 344 g/mol. The number of hydrogen-bond donors (Lipinski definition) is 1. The minimum absolute atomic E-state index is 0. The van der Waals surface area contributed by atoms with Crippen molar-refractivity contribution < 1.29 is 31.4 Å². The fourth-order valence-electron chi connectivity index (χ4n) is 2.20. The van der Waals surface area contributed by atoms with Crippen LogP contribution in [-0.4, -0.2) is 63.9 Å². The molecule has 130 valence electrons. The van der Waals surface area contributed by atoms with Crippen molar-refractivity contribution in [3.05, 3.63) is 24.3 Å². The summed E-state index contributed by atoms with van der Waals surface area (Å²) in [6.45, 7) is 5.35. The van der Waals surface area contributed by atoms with E-state index < -0.39 is 0 Å². The molecule has 1 N–H and O–H groups in total. The van der Waals surface area contributed by atoms with Crippen LogP contribution in [-0.2, 0) is 9.53 Å². The van der Waals surface area contributed by atoms with Crippen LogP contribution < -0.4 is 27.2 Å². The van der Waals surface area contributed by atoms with Gasteiger partial charge in [-0.2, -0.15) is 0 Å². The number of halogens is 1. The summed E-state index contributed by atoms with van der Waals surface area (Å²) in [5.41, 5.74) is 0. The quantitative estimate of drug-likeness (QED) is 0.587. The molecular weight excluding hydrogens is 320 g/mol. The third kappa shape index (κ3) is 7.54. The molecule has 2 rings (SSSR count). The molecule has 7 heteroatoms. The van der Waals surface area contributed by atoms with Crippen LogP contribution >= 0.6 is 0 Å². The number of hydrogen-bond acceptors (Lipinski definition) is 5. The lowest BCUT2D eigenvalue weighted by molar-refractivity contribution is -0.121. The van der Waals surface area contributed by atoms with Crippen LogP contribution in [0.3, 0.4) is 0 Å². The Balaban J connectivity index is 0.00000264. The van der Waals surface area contributed by atoms with E-state index in [1.54, 1.807) is 7.11 Å². The molecule has 1 aliphatic heterocycles. The molecule has 1 fully saturated rings. The maximum atomic E-state index is 11.7. The number of amides is 1. The summed E-state index contributed by atoms with van der Waals surface area (Å²) in [4.78, 5) is 14.0. The molecular formula is C16H24ClN2O4-. The van der Waals surface area contributed by atoms with Gasteiger partial charge in [-0.3, -0.25) is 9.69 Å². The predicted octanol–water partition coefficient (Wildman–Crippen LogP) is -2.08. The van der Waals surface area contributed by atoms with E-state index >= 15 is 0 Å². The Bertz CT molecular complexity index is 450. The largest absolute Gasteiger partial charge is 1.00 e. The molecule has 0 spiro atoms. The fraction of sp³-hybridized carbons (Fsp3) is 0.562. The molecule has 0 saturated carbocycles. The maximum absolute atomic E-state index is 11.7. The highest BCUT2D eigenvalue weighted by Gasteiger charge is 2.10. The summed E-state index contributed by atoms with van der Waals surface area (Å²) in [6, 6.07) is 7.32. The number of ether oxygens (including phenoxy) is 3. The third-order valence-electron chi connectivity index (χ3n) is 3.51. The van der Waals surface area contributed by atoms with Gasteiger partial charge in [-0.25, -0.2) is 0 Å². The second-order valence-electron chi connectivity index (χ2n) is 5.08. The standard InChI is InChI=1S/C16H24N2O4.ClH/c1-20-14-2-4-15(5-3-14)22-11-6-16(19)17-7-8-18-9-12-21-13-10-18;/h2-5H,6-13H2,1H3,(H,17,19);1H/p-1. The Morgan fingerprint density at radius 2 is 1.87 bits per heavy atom. The second kappa shape index (κ2) is 11.1. The Morgan fingerprint density at radius 1 is 1.22 bits per heavy atom. The molecule has 23 heavy (non-hydrogen) atoms. The Kier molecular flexibility index (Phi) is 9.43. The zero-order chi connectivity index (χ0) is 15.6. The average Bonchev–Trinajstić information content (AvgIpc) is 2.56. The molecule has 0 unspecified atom stereocenters. The zero-order valence-corrected chi connectivity index (χ0v) is 14.2. The highest BCUT2D eigenvalue weighted by atomic mass is 35.5. The number of morpholine rings is 1. The number of methoxy groups -OCH3 is 1. The molecule has 0 bridgehead atoms. The maximum Gasteiger partial charge on any atom is 0.223 e. The van der Waals surface area contributed by atoms with Gasteiger partial charge in [0, 0.05) is 26.2 Å². The fourth-order valence-corrected chi connectivity index (χ4v) is 2.20. The molecule has 0 radical (unpaired) electrons. The van der Waals surface area contributed by atoms with Gasteiger partial charge in [-0.1, -0.05) is 0 Å². The first-order valence-corrected chi connectivity index (χ1v) is 7.61. The molecule has 0 aromatic heterocycles. The second-order valence-corrected chi connectivity index (χ2v) is 5.08. The number of nitrogens with one attached hydrogen (secondary N) is 1. The minimum Gasteiger partial charge on any atom is -1.00 e. The highest BCUT2D eigenvalue weighted by Crippen LogP contribution is 2.16. The van der Waals surface area contributed by atoms with E-state index in [2.05, 4.69) is 10.2 Å². The van der Waals surface area contributed by atoms with Crippen molar-refractivity contribution in [2.24, 2.45) is 0 Å². The summed E-state index contributed by atoms with van der Waals surface area (Å²) in [6.07, 6.45) is 0.356. The SMILES string of the molecule is COc1ccc(OCCC(=O)NCCN2CCOCC2)cc1.[Cl-]. The Hall–Kier alpha value is -1.50. The van der Waals surface area contributed by atoms with Crippen molar-refractivity contribution in [2.75, 3.05) is 53.1 Å².